The van der Waals surface area contributed by atoms with E-state index in [9.17, 15) is 0 Å². The number of hydrogen-bond donors (Lipinski definition) is 2. The molecular formula is C8H17NO. The van der Waals surface area contributed by atoms with Crippen molar-refractivity contribution in [1.82, 2.24) is 5.32 Å². The van der Waals surface area contributed by atoms with Crippen LogP contribution in [0.2, 0.25) is 0 Å². The monoisotopic (exact) mass is 143 g/mol. The standard InChI is InChI=1S/C8H17NO/c1-5-4-8(5)9-6(2)7(3)10/h5-10H,4H2,1-3H3. The Morgan fingerprint density at radius 1 is 1.50 bits per heavy atom. The number of aliphatic hydroxyl groups is 1. The normalized spacial score (nSPS) is 37.2. The quantitative estimate of drug-likeness (QED) is 0.611. The van der Waals surface area contributed by atoms with Gasteiger partial charge in [0.15, 0.2) is 0 Å². The minimum Gasteiger partial charge on any atom is -0.392 e. The topological polar surface area (TPSA) is 32.3 Å². The van der Waals surface area contributed by atoms with Crippen LogP contribution in [0.3, 0.4) is 0 Å². The predicted octanol–water partition coefficient (Wildman–Crippen LogP) is 0.754. The smallest absolute Gasteiger partial charge is 0.0662 e. The molecule has 0 amide bonds. The van der Waals surface area contributed by atoms with Gasteiger partial charge in [0.25, 0.3) is 0 Å². The average Bonchev–Trinajstić information content (AvgIpc) is 2.46. The van der Waals surface area contributed by atoms with Crippen molar-refractivity contribution in [3.05, 3.63) is 0 Å². The second kappa shape index (κ2) is 2.89. The van der Waals surface area contributed by atoms with Crippen molar-refractivity contribution < 1.29 is 5.11 Å². The summed E-state index contributed by atoms with van der Waals surface area (Å²) in [5, 5.41) is 12.5. The van der Waals surface area contributed by atoms with E-state index < -0.39 is 0 Å². The van der Waals surface area contributed by atoms with E-state index >= 15 is 0 Å². The van der Waals surface area contributed by atoms with Gasteiger partial charge in [0, 0.05) is 12.1 Å². The van der Waals surface area contributed by atoms with Crippen LogP contribution < -0.4 is 5.32 Å². The lowest BCUT2D eigenvalue weighted by molar-refractivity contribution is 0.151. The lowest BCUT2D eigenvalue weighted by Crippen LogP contribution is -2.37. The second-order valence-corrected chi connectivity index (χ2v) is 3.52. The van der Waals surface area contributed by atoms with Crippen molar-refractivity contribution in [3.8, 4) is 0 Å². The molecule has 0 aliphatic heterocycles. The zero-order chi connectivity index (χ0) is 7.72. The van der Waals surface area contributed by atoms with E-state index in [1.165, 1.54) is 6.42 Å². The highest BCUT2D eigenvalue weighted by Gasteiger charge is 2.33. The van der Waals surface area contributed by atoms with E-state index in [4.69, 9.17) is 5.11 Å². The van der Waals surface area contributed by atoms with Crippen molar-refractivity contribution in [2.75, 3.05) is 0 Å². The first-order chi connectivity index (χ1) is 4.61. The molecule has 2 nitrogen and oxygen atoms in total. The number of nitrogens with one attached hydrogen (secondary N) is 1. The summed E-state index contributed by atoms with van der Waals surface area (Å²) in [6.45, 7) is 6.08. The van der Waals surface area contributed by atoms with Gasteiger partial charge in [0.2, 0.25) is 0 Å². The van der Waals surface area contributed by atoms with Crippen LogP contribution in [0.1, 0.15) is 27.2 Å². The molecule has 0 aromatic rings. The van der Waals surface area contributed by atoms with Gasteiger partial charge in [0.1, 0.15) is 0 Å². The molecule has 0 spiro atoms. The van der Waals surface area contributed by atoms with Crippen molar-refractivity contribution in [3.63, 3.8) is 0 Å². The minimum absolute atomic E-state index is 0.229. The zero-order valence-corrected chi connectivity index (χ0v) is 6.96. The van der Waals surface area contributed by atoms with Crippen LogP contribution in [-0.2, 0) is 0 Å². The molecule has 0 aromatic carbocycles. The first kappa shape index (κ1) is 8.02. The van der Waals surface area contributed by atoms with Crippen molar-refractivity contribution in [2.45, 2.75) is 45.4 Å². The second-order valence-electron chi connectivity index (χ2n) is 3.52. The molecule has 60 valence electrons. The van der Waals surface area contributed by atoms with Gasteiger partial charge in [-0.05, 0) is 26.2 Å². The first-order valence-electron chi connectivity index (χ1n) is 4.05. The van der Waals surface area contributed by atoms with Gasteiger partial charge >= 0.3 is 0 Å². The van der Waals surface area contributed by atoms with Crippen LogP contribution in [-0.4, -0.2) is 23.3 Å². The van der Waals surface area contributed by atoms with Gasteiger partial charge in [-0.25, -0.2) is 0 Å². The van der Waals surface area contributed by atoms with E-state index in [2.05, 4.69) is 12.2 Å². The minimum atomic E-state index is -0.229. The fraction of sp³-hybridized carbons (Fsp3) is 1.00. The average molecular weight is 143 g/mol. The molecule has 2 N–H and O–H groups in total. The Morgan fingerprint density at radius 2 is 2.00 bits per heavy atom. The predicted molar refractivity (Wildman–Crippen MR) is 41.8 cm³/mol. The van der Waals surface area contributed by atoms with Crippen LogP contribution in [0, 0.1) is 5.92 Å². The lowest BCUT2D eigenvalue weighted by Gasteiger charge is -2.15. The molecule has 0 heterocycles. The molecule has 1 aliphatic rings. The van der Waals surface area contributed by atoms with Crippen LogP contribution in [0.15, 0.2) is 0 Å². The van der Waals surface area contributed by atoms with Gasteiger partial charge in [-0.3, -0.25) is 0 Å². The van der Waals surface area contributed by atoms with Crippen LogP contribution in [0.5, 0.6) is 0 Å². The van der Waals surface area contributed by atoms with Gasteiger partial charge in [0.05, 0.1) is 6.10 Å². The van der Waals surface area contributed by atoms with Crippen molar-refractivity contribution in [1.29, 1.82) is 0 Å². The molecule has 0 saturated heterocycles. The molecule has 2 heteroatoms. The van der Waals surface area contributed by atoms with Crippen LogP contribution in [0.4, 0.5) is 0 Å². The van der Waals surface area contributed by atoms with E-state index in [1.807, 2.05) is 13.8 Å². The Balaban J connectivity index is 2.13. The Hall–Kier alpha value is -0.0800. The zero-order valence-electron chi connectivity index (χ0n) is 6.96. The van der Waals surface area contributed by atoms with E-state index in [0.717, 1.165) is 5.92 Å². The maximum atomic E-state index is 9.12. The summed E-state index contributed by atoms with van der Waals surface area (Å²) in [4.78, 5) is 0. The molecule has 4 unspecified atom stereocenters. The molecule has 1 rings (SSSR count). The van der Waals surface area contributed by atoms with E-state index in [0.29, 0.717) is 6.04 Å². The number of rotatable bonds is 3. The summed E-state index contributed by atoms with van der Waals surface area (Å²) in [6, 6.07) is 0.916. The Kier molecular flexibility index (Phi) is 2.32. The van der Waals surface area contributed by atoms with Crippen molar-refractivity contribution in [2.24, 2.45) is 5.92 Å². The van der Waals surface area contributed by atoms with Gasteiger partial charge in [-0.2, -0.15) is 0 Å². The molecule has 0 aromatic heterocycles. The molecule has 1 aliphatic carbocycles. The largest absolute Gasteiger partial charge is 0.392 e. The molecule has 0 bridgehead atoms. The van der Waals surface area contributed by atoms with Crippen molar-refractivity contribution >= 4 is 0 Å². The van der Waals surface area contributed by atoms with Crippen LogP contribution in [0.25, 0.3) is 0 Å². The number of hydrogen-bond acceptors (Lipinski definition) is 2. The summed E-state index contributed by atoms with van der Waals surface area (Å²) in [5.41, 5.74) is 0. The van der Waals surface area contributed by atoms with Gasteiger partial charge in [-0.1, -0.05) is 6.92 Å². The summed E-state index contributed by atoms with van der Waals surface area (Å²) < 4.78 is 0. The van der Waals surface area contributed by atoms with E-state index in [-0.39, 0.29) is 12.1 Å². The van der Waals surface area contributed by atoms with Crippen LogP contribution >= 0.6 is 0 Å². The van der Waals surface area contributed by atoms with Gasteiger partial charge in [-0.15, -0.1) is 0 Å². The first-order valence-corrected chi connectivity index (χ1v) is 4.05. The molecule has 0 radical (unpaired) electrons. The highest BCUT2D eigenvalue weighted by Crippen LogP contribution is 2.29. The molecule has 1 saturated carbocycles. The fourth-order valence-corrected chi connectivity index (χ4v) is 1.03. The maximum absolute atomic E-state index is 9.12. The summed E-state index contributed by atoms with van der Waals surface area (Å²) in [6.07, 6.45) is 1.05. The lowest BCUT2D eigenvalue weighted by atomic mass is 10.2. The summed E-state index contributed by atoms with van der Waals surface area (Å²) in [7, 11) is 0. The molecule has 1 fully saturated rings. The molecule has 10 heavy (non-hydrogen) atoms. The van der Waals surface area contributed by atoms with Gasteiger partial charge < -0.3 is 10.4 Å². The third kappa shape index (κ3) is 1.96. The molecule has 4 atom stereocenters. The third-order valence-corrected chi connectivity index (χ3v) is 2.31. The number of aliphatic hydroxyl groups excluding tert-OH is 1. The highest BCUT2D eigenvalue weighted by molar-refractivity contribution is 4.91. The maximum Gasteiger partial charge on any atom is 0.0662 e. The Bertz CT molecular complexity index is 114. The molecular weight excluding hydrogens is 126 g/mol. The summed E-state index contributed by atoms with van der Waals surface area (Å²) >= 11 is 0. The van der Waals surface area contributed by atoms with E-state index in [1.54, 1.807) is 0 Å². The Labute approximate surface area is 62.6 Å². The highest BCUT2D eigenvalue weighted by atomic mass is 16.3. The summed E-state index contributed by atoms with van der Waals surface area (Å²) in [5.74, 6) is 0.821. The third-order valence-electron chi connectivity index (χ3n) is 2.31. The fourth-order valence-electron chi connectivity index (χ4n) is 1.03. The SMILES string of the molecule is CC(O)C(C)NC1CC1C. The Morgan fingerprint density at radius 3 is 2.30 bits per heavy atom.